The molecule has 1 amide bonds. The van der Waals surface area contributed by atoms with Crippen molar-refractivity contribution in [3.63, 3.8) is 0 Å². The van der Waals surface area contributed by atoms with Gasteiger partial charge in [0.15, 0.2) is 0 Å². The Hall–Kier alpha value is -2.59. The molecule has 2 saturated heterocycles. The lowest BCUT2D eigenvalue weighted by Crippen LogP contribution is -2.38. The van der Waals surface area contributed by atoms with Gasteiger partial charge < -0.3 is 9.64 Å². The van der Waals surface area contributed by atoms with Gasteiger partial charge in [-0.2, -0.15) is 0 Å². The summed E-state index contributed by atoms with van der Waals surface area (Å²) in [4.78, 5) is 17.2. The van der Waals surface area contributed by atoms with Gasteiger partial charge in [0.1, 0.15) is 11.9 Å². The van der Waals surface area contributed by atoms with Crippen molar-refractivity contribution < 1.29 is 9.53 Å². The number of hydrogen-bond acceptors (Lipinski definition) is 3. The lowest BCUT2D eigenvalue weighted by atomic mass is 10.1. The van der Waals surface area contributed by atoms with E-state index in [1.54, 1.807) is 0 Å². The topological polar surface area (TPSA) is 32.8 Å². The molecule has 0 N–H and O–H groups in total. The van der Waals surface area contributed by atoms with Crippen LogP contribution in [0.15, 0.2) is 60.7 Å². The lowest BCUT2D eigenvalue weighted by molar-refractivity contribution is 0.0772. The summed E-state index contributed by atoms with van der Waals surface area (Å²) >= 11 is 0. The number of carbonyl (C=O) groups excluding carboxylic acids is 1. The monoisotopic (exact) mass is 390 g/mol. The number of para-hydroxylation sites is 1. The summed E-state index contributed by atoms with van der Waals surface area (Å²) in [5, 5.41) is 0. The van der Waals surface area contributed by atoms with Crippen LogP contribution in [0.25, 0.3) is 6.08 Å². The summed E-state index contributed by atoms with van der Waals surface area (Å²) in [5.41, 5.74) is 1.95. The van der Waals surface area contributed by atoms with Crippen molar-refractivity contribution in [2.45, 2.75) is 31.8 Å². The maximum absolute atomic E-state index is 12.8. The molecule has 0 atom stereocenters. The fraction of sp³-hybridized carbons (Fsp3) is 0.400. The van der Waals surface area contributed by atoms with Crippen LogP contribution in [0.2, 0.25) is 0 Å². The molecule has 2 aromatic carbocycles. The van der Waals surface area contributed by atoms with Gasteiger partial charge in [-0.1, -0.05) is 54.6 Å². The number of nitrogens with zero attached hydrogens (tertiary/aromatic N) is 2. The molecule has 4 nitrogen and oxygen atoms in total. The van der Waals surface area contributed by atoms with Crippen LogP contribution in [0, 0.1) is 0 Å². The summed E-state index contributed by atoms with van der Waals surface area (Å²) in [6.45, 7) is 4.73. The van der Waals surface area contributed by atoms with Crippen molar-refractivity contribution in [2.75, 3.05) is 32.7 Å². The maximum atomic E-state index is 12.8. The van der Waals surface area contributed by atoms with Gasteiger partial charge in [0.2, 0.25) is 0 Å². The van der Waals surface area contributed by atoms with E-state index in [4.69, 9.17) is 4.74 Å². The lowest BCUT2D eigenvalue weighted by Gasteiger charge is -2.32. The van der Waals surface area contributed by atoms with E-state index >= 15 is 0 Å². The first-order chi connectivity index (χ1) is 14.3. The van der Waals surface area contributed by atoms with E-state index in [2.05, 4.69) is 41.3 Å². The number of ether oxygens (including phenoxy) is 1. The van der Waals surface area contributed by atoms with Crippen LogP contribution < -0.4 is 4.74 Å². The normalized spacial score (nSPS) is 18.4. The Labute approximate surface area is 173 Å². The molecule has 0 bridgehead atoms. The van der Waals surface area contributed by atoms with E-state index in [0.717, 1.165) is 64.2 Å². The number of piperidine rings is 1. The van der Waals surface area contributed by atoms with E-state index in [9.17, 15) is 4.79 Å². The van der Waals surface area contributed by atoms with Crippen LogP contribution in [0.3, 0.4) is 0 Å². The molecule has 4 rings (SSSR count). The molecule has 4 heteroatoms. The van der Waals surface area contributed by atoms with Crippen molar-refractivity contribution in [3.05, 3.63) is 71.8 Å². The Kier molecular flexibility index (Phi) is 6.63. The SMILES string of the molecule is O=C(c1ccccc1OC1CCN(CC=Cc2ccccc2)CC1)N1CCCC1. The minimum absolute atomic E-state index is 0.113. The third-order valence-corrected chi connectivity index (χ3v) is 5.81. The Bertz CT molecular complexity index is 820. The smallest absolute Gasteiger partial charge is 0.257 e. The van der Waals surface area contributed by atoms with Gasteiger partial charge in [-0.3, -0.25) is 9.69 Å². The Balaban J connectivity index is 1.29. The van der Waals surface area contributed by atoms with Crippen molar-refractivity contribution >= 4 is 12.0 Å². The molecule has 2 heterocycles. The number of hydrogen-bond donors (Lipinski definition) is 0. The number of amides is 1. The highest BCUT2D eigenvalue weighted by atomic mass is 16.5. The fourth-order valence-electron chi connectivity index (χ4n) is 4.13. The first kappa shape index (κ1) is 19.7. The minimum atomic E-state index is 0.113. The van der Waals surface area contributed by atoms with Crippen molar-refractivity contribution in [1.82, 2.24) is 9.80 Å². The first-order valence-electron chi connectivity index (χ1n) is 10.8. The highest BCUT2D eigenvalue weighted by Gasteiger charge is 2.25. The number of carbonyl (C=O) groups is 1. The third-order valence-electron chi connectivity index (χ3n) is 5.81. The first-order valence-corrected chi connectivity index (χ1v) is 10.8. The average Bonchev–Trinajstić information content (AvgIpc) is 3.31. The standard InChI is InChI=1S/C25H30N2O2/c28-25(27-17-6-7-18-27)23-12-4-5-13-24(23)29-22-14-19-26(20-15-22)16-8-11-21-9-2-1-3-10-21/h1-5,8-13,22H,6-7,14-20H2. The predicted octanol–water partition coefficient (Wildman–Crippen LogP) is 4.48. The molecule has 2 aliphatic heterocycles. The Morgan fingerprint density at radius 3 is 2.38 bits per heavy atom. The molecule has 0 spiro atoms. The molecule has 0 aliphatic carbocycles. The number of rotatable bonds is 6. The van der Waals surface area contributed by atoms with Crippen molar-refractivity contribution in [1.29, 1.82) is 0 Å². The molecule has 2 aromatic rings. The summed E-state index contributed by atoms with van der Waals surface area (Å²) in [5.74, 6) is 0.855. The van der Waals surface area contributed by atoms with Gasteiger partial charge in [0, 0.05) is 32.7 Å². The second kappa shape index (κ2) is 9.75. The summed E-state index contributed by atoms with van der Waals surface area (Å²) in [6, 6.07) is 18.1. The molecule has 2 aliphatic rings. The molecule has 0 radical (unpaired) electrons. The number of benzene rings is 2. The van der Waals surface area contributed by atoms with Crippen LogP contribution in [0.4, 0.5) is 0 Å². The second-order valence-corrected chi connectivity index (χ2v) is 7.93. The second-order valence-electron chi connectivity index (χ2n) is 7.93. The predicted molar refractivity (Wildman–Crippen MR) is 117 cm³/mol. The van der Waals surface area contributed by atoms with Crippen LogP contribution in [-0.2, 0) is 0 Å². The van der Waals surface area contributed by atoms with Crippen LogP contribution in [0.5, 0.6) is 5.75 Å². The summed E-state index contributed by atoms with van der Waals surface area (Å²) in [7, 11) is 0. The van der Waals surface area contributed by atoms with Crippen LogP contribution >= 0.6 is 0 Å². The van der Waals surface area contributed by atoms with Gasteiger partial charge >= 0.3 is 0 Å². The fourth-order valence-corrected chi connectivity index (χ4v) is 4.13. The molecular weight excluding hydrogens is 360 g/mol. The van der Waals surface area contributed by atoms with E-state index in [0.29, 0.717) is 5.56 Å². The van der Waals surface area contributed by atoms with E-state index in [1.807, 2.05) is 35.2 Å². The zero-order valence-corrected chi connectivity index (χ0v) is 17.0. The van der Waals surface area contributed by atoms with E-state index in [-0.39, 0.29) is 12.0 Å². The Morgan fingerprint density at radius 2 is 1.62 bits per heavy atom. The molecular formula is C25H30N2O2. The van der Waals surface area contributed by atoms with Gasteiger partial charge in [0.05, 0.1) is 5.56 Å². The van der Waals surface area contributed by atoms with Crippen LogP contribution in [-0.4, -0.2) is 54.5 Å². The van der Waals surface area contributed by atoms with Crippen molar-refractivity contribution in [2.24, 2.45) is 0 Å². The number of likely N-dealkylation sites (tertiary alicyclic amines) is 2. The highest BCUT2D eigenvalue weighted by molar-refractivity contribution is 5.97. The zero-order chi connectivity index (χ0) is 19.9. The molecule has 0 aromatic heterocycles. The minimum Gasteiger partial charge on any atom is -0.489 e. The zero-order valence-electron chi connectivity index (χ0n) is 17.0. The van der Waals surface area contributed by atoms with E-state index < -0.39 is 0 Å². The van der Waals surface area contributed by atoms with Crippen molar-refractivity contribution in [3.8, 4) is 5.75 Å². The highest BCUT2D eigenvalue weighted by Crippen LogP contribution is 2.25. The van der Waals surface area contributed by atoms with Gasteiger partial charge in [0.25, 0.3) is 5.91 Å². The molecule has 0 saturated carbocycles. The quantitative estimate of drug-likeness (QED) is 0.729. The average molecular weight is 391 g/mol. The molecule has 29 heavy (non-hydrogen) atoms. The maximum Gasteiger partial charge on any atom is 0.257 e. The summed E-state index contributed by atoms with van der Waals surface area (Å²) in [6.07, 6.45) is 8.79. The molecule has 152 valence electrons. The third kappa shape index (κ3) is 5.27. The van der Waals surface area contributed by atoms with Gasteiger partial charge in [-0.15, -0.1) is 0 Å². The van der Waals surface area contributed by atoms with E-state index in [1.165, 1.54) is 5.56 Å². The summed E-state index contributed by atoms with van der Waals surface area (Å²) < 4.78 is 6.30. The Morgan fingerprint density at radius 1 is 0.931 bits per heavy atom. The molecule has 0 unspecified atom stereocenters. The van der Waals surface area contributed by atoms with Gasteiger partial charge in [-0.05, 0) is 43.4 Å². The largest absolute Gasteiger partial charge is 0.489 e. The molecule has 2 fully saturated rings. The van der Waals surface area contributed by atoms with Crippen LogP contribution in [0.1, 0.15) is 41.6 Å². The van der Waals surface area contributed by atoms with Gasteiger partial charge in [-0.25, -0.2) is 0 Å².